The largest absolute Gasteiger partial charge is 0.348 e. The molecule has 21 heavy (non-hydrogen) atoms. The minimum Gasteiger partial charge on any atom is -0.348 e. The van der Waals surface area contributed by atoms with Gasteiger partial charge in [-0.15, -0.1) is 0 Å². The SMILES string of the molecule is CC(NC(=O)C1Cc2nc[nH]c2CN1)c1ccc(Cl)cc1. The number of rotatable bonds is 3. The van der Waals surface area contributed by atoms with E-state index in [9.17, 15) is 4.79 Å². The first kappa shape index (κ1) is 14.1. The average molecular weight is 305 g/mol. The second-order valence-corrected chi connectivity index (χ2v) is 5.68. The third-order valence-electron chi connectivity index (χ3n) is 3.78. The highest BCUT2D eigenvalue weighted by Crippen LogP contribution is 2.17. The maximum atomic E-state index is 12.3. The molecule has 2 heterocycles. The molecular weight excluding hydrogens is 288 g/mol. The molecular formula is C15H17ClN4O. The molecule has 0 saturated heterocycles. The van der Waals surface area contributed by atoms with Gasteiger partial charge in [-0.1, -0.05) is 23.7 Å². The van der Waals surface area contributed by atoms with Crippen molar-refractivity contribution in [3.05, 3.63) is 52.6 Å². The van der Waals surface area contributed by atoms with Gasteiger partial charge in [0, 0.05) is 18.0 Å². The summed E-state index contributed by atoms with van der Waals surface area (Å²) in [5.41, 5.74) is 3.06. The predicted molar refractivity (Wildman–Crippen MR) is 80.9 cm³/mol. The van der Waals surface area contributed by atoms with E-state index in [1.165, 1.54) is 0 Å². The molecule has 0 aliphatic carbocycles. The molecule has 2 atom stereocenters. The first-order chi connectivity index (χ1) is 10.1. The third-order valence-corrected chi connectivity index (χ3v) is 4.03. The van der Waals surface area contributed by atoms with Crippen LogP contribution in [-0.2, 0) is 17.8 Å². The minimum atomic E-state index is -0.240. The normalized spacial score (nSPS) is 18.9. The topological polar surface area (TPSA) is 69.8 Å². The zero-order chi connectivity index (χ0) is 14.8. The Bertz CT molecular complexity index is 637. The number of nitrogens with one attached hydrogen (secondary N) is 3. The van der Waals surface area contributed by atoms with E-state index in [1.807, 2.05) is 31.2 Å². The molecule has 1 aromatic heterocycles. The van der Waals surface area contributed by atoms with Gasteiger partial charge >= 0.3 is 0 Å². The van der Waals surface area contributed by atoms with Crippen LogP contribution in [0.25, 0.3) is 0 Å². The van der Waals surface area contributed by atoms with E-state index in [0.717, 1.165) is 17.0 Å². The van der Waals surface area contributed by atoms with E-state index in [4.69, 9.17) is 11.6 Å². The van der Waals surface area contributed by atoms with Crippen molar-refractivity contribution in [2.75, 3.05) is 0 Å². The summed E-state index contributed by atoms with van der Waals surface area (Å²) in [6.07, 6.45) is 2.28. The summed E-state index contributed by atoms with van der Waals surface area (Å²) >= 11 is 5.87. The molecule has 1 aliphatic rings. The summed E-state index contributed by atoms with van der Waals surface area (Å²) in [7, 11) is 0. The number of benzene rings is 1. The summed E-state index contributed by atoms with van der Waals surface area (Å²) in [4.78, 5) is 19.7. The van der Waals surface area contributed by atoms with Crippen molar-refractivity contribution in [3.63, 3.8) is 0 Å². The standard InChI is InChI=1S/C15H17ClN4O/c1-9(10-2-4-11(16)5-3-10)20-15(21)13-6-12-14(7-17-13)19-8-18-12/h2-5,8-9,13,17H,6-7H2,1H3,(H,18,19)(H,20,21). The van der Waals surface area contributed by atoms with Gasteiger partial charge in [-0.05, 0) is 24.6 Å². The molecule has 3 N–H and O–H groups in total. The van der Waals surface area contributed by atoms with Crippen molar-refractivity contribution in [1.29, 1.82) is 0 Å². The molecule has 1 aliphatic heterocycles. The number of imidazole rings is 1. The van der Waals surface area contributed by atoms with E-state index in [1.54, 1.807) is 6.33 Å². The van der Waals surface area contributed by atoms with E-state index in [0.29, 0.717) is 18.0 Å². The second kappa shape index (κ2) is 5.87. The van der Waals surface area contributed by atoms with Crippen LogP contribution in [0.5, 0.6) is 0 Å². The predicted octanol–water partition coefficient (Wildman–Crippen LogP) is 1.95. The zero-order valence-corrected chi connectivity index (χ0v) is 12.4. The number of aromatic amines is 1. The molecule has 0 spiro atoms. The lowest BCUT2D eigenvalue weighted by Gasteiger charge is -2.24. The fourth-order valence-corrected chi connectivity index (χ4v) is 2.63. The zero-order valence-electron chi connectivity index (χ0n) is 11.7. The van der Waals surface area contributed by atoms with Crippen LogP contribution in [-0.4, -0.2) is 21.9 Å². The first-order valence-electron chi connectivity index (χ1n) is 6.94. The summed E-state index contributed by atoms with van der Waals surface area (Å²) < 4.78 is 0. The maximum Gasteiger partial charge on any atom is 0.238 e. The Morgan fingerprint density at radius 3 is 2.95 bits per heavy atom. The van der Waals surface area contributed by atoms with Gasteiger partial charge < -0.3 is 10.3 Å². The van der Waals surface area contributed by atoms with Crippen LogP contribution in [0.3, 0.4) is 0 Å². The van der Waals surface area contributed by atoms with Gasteiger partial charge in [0.1, 0.15) is 0 Å². The summed E-state index contributed by atoms with van der Waals surface area (Å²) in [5, 5.41) is 6.94. The highest BCUT2D eigenvalue weighted by atomic mass is 35.5. The van der Waals surface area contributed by atoms with Gasteiger partial charge in [0.25, 0.3) is 0 Å². The van der Waals surface area contributed by atoms with Gasteiger partial charge in [0.05, 0.1) is 29.8 Å². The Kier molecular flexibility index (Phi) is 3.94. The Hall–Kier alpha value is -1.85. The van der Waals surface area contributed by atoms with Crippen molar-refractivity contribution < 1.29 is 4.79 Å². The van der Waals surface area contributed by atoms with Crippen LogP contribution < -0.4 is 10.6 Å². The molecule has 0 saturated carbocycles. The Labute approximate surface area is 128 Å². The number of H-pyrrole nitrogens is 1. The Balaban J connectivity index is 1.63. The Morgan fingerprint density at radius 1 is 1.43 bits per heavy atom. The summed E-state index contributed by atoms with van der Waals surface area (Å²) in [6.45, 7) is 2.60. The molecule has 2 unspecified atom stereocenters. The van der Waals surface area contributed by atoms with Crippen molar-refractivity contribution in [3.8, 4) is 0 Å². The van der Waals surface area contributed by atoms with E-state index >= 15 is 0 Å². The lowest BCUT2D eigenvalue weighted by Crippen LogP contribution is -2.48. The van der Waals surface area contributed by atoms with E-state index < -0.39 is 0 Å². The number of fused-ring (bicyclic) bond motifs is 1. The number of aromatic nitrogens is 2. The fraction of sp³-hybridized carbons (Fsp3) is 0.333. The van der Waals surface area contributed by atoms with Crippen LogP contribution in [0.4, 0.5) is 0 Å². The van der Waals surface area contributed by atoms with Crippen LogP contribution in [0.15, 0.2) is 30.6 Å². The monoisotopic (exact) mass is 304 g/mol. The van der Waals surface area contributed by atoms with Gasteiger partial charge in [0.2, 0.25) is 5.91 Å². The lowest BCUT2D eigenvalue weighted by atomic mass is 10.0. The molecule has 1 amide bonds. The molecule has 0 bridgehead atoms. The van der Waals surface area contributed by atoms with Crippen molar-refractivity contribution in [2.45, 2.75) is 32.0 Å². The highest BCUT2D eigenvalue weighted by molar-refractivity contribution is 6.30. The molecule has 0 fully saturated rings. The Morgan fingerprint density at radius 2 is 2.19 bits per heavy atom. The quantitative estimate of drug-likeness (QED) is 0.812. The lowest BCUT2D eigenvalue weighted by molar-refractivity contribution is -0.124. The van der Waals surface area contributed by atoms with E-state index in [-0.39, 0.29) is 18.0 Å². The maximum absolute atomic E-state index is 12.3. The number of hydrogen-bond acceptors (Lipinski definition) is 3. The number of carbonyl (C=O) groups is 1. The molecule has 0 radical (unpaired) electrons. The number of nitrogens with zero attached hydrogens (tertiary/aromatic N) is 1. The van der Waals surface area contributed by atoms with Gasteiger partial charge in [-0.3, -0.25) is 10.1 Å². The van der Waals surface area contributed by atoms with Crippen molar-refractivity contribution >= 4 is 17.5 Å². The van der Waals surface area contributed by atoms with Crippen LogP contribution in [0, 0.1) is 0 Å². The van der Waals surface area contributed by atoms with Gasteiger partial charge in [0.15, 0.2) is 0 Å². The number of carbonyl (C=O) groups excluding carboxylic acids is 1. The van der Waals surface area contributed by atoms with Gasteiger partial charge in [-0.25, -0.2) is 4.98 Å². The van der Waals surface area contributed by atoms with Gasteiger partial charge in [-0.2, -0.15) is 0 Å². The molecule has 6 heteroatoms. The summed E-state index contributed by atoms with van der Waals surface area (Å²) in [5.74, 6) is -0.00824. The smallest absolute Gasteiger partial charge is 0.238 e. The summed E-state index contributed by atoms with van der Waals surface area (Å²) in [6, 6.07) is 7.21. The van der Waals surface area contributed by atoms with E-state index in [2.05, 4.69) is 20.6 Å². The van der Waals surface area contributed by atoms with Crippen LogP contribution in [0.2, 0.25) is 5.02 Å². The number of hydrogen-bond donors (Lipinski definition) is 3. The number of amides is 1. The molecule has 2 aromatic rings. The third kappa shape index (κ3) is 3.09. The molecule has 1 aromatic carbocycles. The second-order valence-electron chi connectivity index (χ2n) is 5.25. The molecule has 3 rings (SSSR count). The van der Waals surface area contributed by atoms with Crippen molar-refractivity contribution in [2.24, 2.45) is 0 Å². The molecule has 5 nitrogen and oxygen atoms in total. The molecule has 110 valence electrons. The minimum absolute atomic E-state index is 0.00824. The number of halogens is 1. The average Bonchev–Trinajstić information content (AvgIpc) is 2.95. The fourth-order valence-electron chi connectivity index (χ4n) is 2.50. The van der Waals surface area contributed by atoms with Crippen LogP contribution in [0.1, 0.15) is 29.9 Å². The van der Waals surface area contributed by atoms with Crippen molar-refractivity contribution in [1.82, 2.24) is 20.6 Å². The van der Waals surface area contributed by atoms with Crippen LogP contribution >= 0.6 is 11.6 Å². The highest BCUT2D eigenvalue weighted by Gasteiger charge is 2.26. The first-order valence-corrected chi connectivity index (χ1v) is 7.31.